The molecule has 1 aliphatic rings. The largest absolute Gasteiger partial charge is 0.451 e. The molecule has 0 bridgehead atoms. The molecule has 4 N–H and O–H groups in total. The van der Waals surface area contributed by atoms with Crippen molar-refractivity contribution in [1.29, 1.82) is 0 Å². The number of aliphatic hydroxyl groups excluding tert-OH is 1. The lowest BCUT2D eigenvalue weighted by Gasteiger charge is -2.20. The first-order chi connectivity index (χ1) is 16.8. The van der Waals surface area contributed by atoms with Crippen molar-refractivity contribution in [2.45, 2.75) is 38.8 Å². The summed E-state index contributed by atoms with van der Waals surface area (Å²) in [5, 5.41) is 19.2. The van der Waals surface area contributed by atoms with Crippen LogP contribution in [-0.2, 0) is 10.3 Å². The Hall–Kier alpha value is -3.98. The fraction of sp³-hybridized carbons (Fsp3) is 0.308. The Morgan fingerprint density at radius 1 is 1.17 bits per heavy atom. The van der Waals surface area contributed by atoms with Gasteiger partial charge in [-0.1, -0.05) is 37.3 Å². The van der Waals surface area contributed by atoms with E-state index in [1.165, 1.54) is 6.20 Å². The van der Waals surface area contributed by atoms with Crippen LogP contribution in [0.3, 0.4) is 0 Å². The van der Waals surface area contributed by atoms with E-state index in [-0.39, 0.29) is 30.0 Å². The number of hydrogen-bond donors (Lipinski definition) is 4. The number of aromatic nitrogens is 2. The van der Waals surface area contributed by atoms with E-state index in [9.17, 15) is 14.7 Å². The van der Waals surface area contributed by atoms with Crippen molar-refractivity contribution in [3.8, 4) is 0 Å². The Kier molecular flexibility index (Phi) is 6.97. The number of carbonyl (C=O) groups excluding carboxylic acids is 2. The van der Waals surface area contributed by atoms with Gasteiger partial charge in [0.1, 0.15) is 17.0 Å². The maximum Gasteiger partial charge on any atom is 0.339 e. The maximum atomic E-state index is 12.8. The number of nitrogens with zero attached hydrogens (tertiary/aromatic N) is 2. The van der Waals surface area contributed by atoms with Gasteiger partial charge in [-0.15, -0.1) is 0 Å². The highest BCUT2D eigenvalue weighted by molar-refractivity contribution is 5.99. The maximum absolute atomic E-state index is 12.8. The van der Waals surface area contributed by atoms with E-state index in [1.54, 1.807) is 12.1 Å². The smallest absolute Gasteiger partial charge is 0.339 e. The lowest BCUT2D eigenvalue weighted by atomic mass is 9.95. The third-order valence-electron chi connectivity index (χ3n) is 5.76. The quantitative estimate of drug-likeness (QED) is 0.343. The number of ether oxygens (including phenoxy) is 1. The molecule has 9 heteroatoms. The van der Waals surface area contributed by atoms with Crippen LogP contribution in [0.1, 0.15) is 65.1 Å². The van der Waals surface area contributed by atoms with E-state index in [0.717, 1.165) is 17.5 Å². The number of aliphatic hydroxyl groups is 1. The fourth-order valence-corrected chi connectivity index (χ4v) is 3.91. The van der Waals surface area contributed by atoms with Gasteiger partial charge in [-0.3, -0.25) is 4.79 Å². The molecule has 35 heavy (non-hydrogen) atoms. The summed E-state index contributed by atoms with van der Waals surface area (Å²) in [6.07, 6.45) is 2.24. The van der Waals surface area contributed by atoms with Gasteiger partial charge in [-0.25, -0.2) is 9.78 Å². The van der Waals surface area contributed by atoms with Crippen molar-refractivity contribution in [2.24, 2.45) is 0 Å². The summed E-state index contributed by atoms with van der Waals surface area (Å²) in [6.45, 7) is 5.96. The standard InChI is InChI=1S/C26H29N5O4/c1-4-12-27-23(33)19-14-28-25(31-22(19)30-21(15-32)16-8-6-5-7-9-16)29-17-10-11-18-20(13-17)26(2,3)35-24(18)34/h5-11,13-14,21,32H,4,12,15H2,1-3H3,(H,27,33)(H2,28,29,30,31). The molecule has 0 radical (unpaired) electrons. The van der Waals surface area contributed by atoms with Gasteiger partial charge in [0.15, 0.2) is 0 Å². The van der Waals surface area contributed by atoms with Crippen molar-refractivity contribution >= 4 is 29.3 Å². The third kappa shape index (κ3) is 5.25. The van der Waals surface area contributed by atoms with Crippen LogP contribution in [0.15, 0.2) is 54.7 Å². The Morgan fingerprint density at radius 2 is 1.94 bits per heavy atom. The minimum atomic E-state index is -0.733. The molecule has 9 nitrogen and oxygen atoms in total. The minimum absolute atomic E-state index is 0.194. The fourth-order valence-electron chi connectivity index (χ4n) is 3.91. The van der Waals surface area contributed by atoms with Crippen LogP contribution in [0.5, 0.6) is 0 Å². The molecule has 1 aliphatic heterocycles. The Balaban J connectivity index is 1.65. The molecule has 0 saturated heterocycles. The van der Waals surface area contributed by atoms with E-state index in [4.69, 9.17) is 4.74 Å². The SMILES string of the molecule is CCCNC(=O)c1cnc(Nc2ccc3c(c2)C(C)(C)OC3=O)nc1NC(CO)c1ccccc1. The third-order valence-corrected chi connectivity index (χ3v) is 5.76. The van der Waals surface area contributed by atoms with Gasteiger partial charge >= 0.3 is 5.97 Å². The molecule has 1 unspecified atom stereocenters. The van der Waals surface area contributed by atoms with Gasteiger partial charge in [-0.2, -0.15) is 4.98 Å². The number of carbonyl (C=O) groups is 2. The van der Waals surface area contributed by atoms with Gasteiger partial charge in [-0.05, 0) is 44.0 Å². The number of fused-ring (bicyclic) bond motifs is 1. The molecule has 0 fully saturated rings. The number of hydrogen-bond acceptors (Lipinski definition) is 8. The van der Waals surface area contributed by atoms with Gasteiger partial charge < -0.3 is 25.8 Å². The van der Waals surface area contributed by atoms with E-state index in [0.29, 0.717) is 23.6 Å². The summed E-state index contributed by atoms with van der Waals surface area (Å²) in [5.41, 5.74) is 2.36. The summed E-state index contributed by atoms with van der Waals surface area (Å²) >= 11 is 0. The van der Waals surface area contributed by atoms with Crippen LogP contribution >= 0.6 is 0 Å². The van der Waals surface area contributed by atoms with Crippen LogP contribution in [0.25, 0.3) is 0 Å². The van der Waals surface area contributed by atoms with Crippen molar-refractivity contribution in [1.82, 2.24) is 15.3 Å². The molecule has 0 saturated carbocycles. The van der Waals surface area contributed by atoms with E-state index < -0.39 is 11.6 Å². The summed E-state index contributed by atoms with van der Waals surface area (Å²) in [7, 11) is 0. The average Bonchev–Trinajstić information content (AvgIpc) is 3.09. The summed E-state index contributed by atoms with van der Waals surface area (Å²) in [5.74, 6) is -0.107. The normalized spacial score (nSPS) is 14.6. The summed E-state index contributed by atoms with van der Waals surface area (Å²) < 4.78 is 5.44. The first-order valence-electron chi connectivity index (χ1n) is 11.5. The number of cyclic esters (lactones) is 1. The first-order valence-corrected chi connectivity index (χ1v) is 11.5. The molecule has 0 spiro atoms. The molecule has 2 aromatic carbocycles. The van der Waals surface area contributed by atoms with Crippen molar-refractivity contribution in [2.75, 3.05) is 23.8 Å². The van der Waals surface area contributed by atoms with Gasteiger partial charge in [0.25, 0.3) is 5.91 Å². The van der Waals surface area contributed by atoms with E-state index in [2.05, 4.69) is 25.9 Å². The predicted octanol–water partition coefficient (Wildman–Crippen LogP) is 3.91. The second-order valence-electron chi connectivity index (χ2n) is 8.79. The Bertz CT molecular complexity index is 1230. The molecule has 4 rings (SSSR count). The second-order valence-corrected chi connectivity index (χ2v) is 8.79. The van der Waals surface area contributed by atoms with Gasteiger partial charge in [0.05, 0.1) is 18.2 Å². The number of anilines is 3. The lowest BCUT2D eigenvalue weighted by molar-refractivity contribution is 0.00953. The number of benzene rings is 2. The Morgan fingerprint density at radius 3 is 2.66 bits per heavy atom. The van der Waals surface area contributed by atoms with Gasteiger partial charge in [0.2, 0.25) is 5.95 Å². The average molecular weight is 476 g/mol. The topological polar surface area (TPSA) is 125 Å². The minimum Gasteiger partial charge on any atom is -0.451 e. The molecule has 0 aliphatic carbocycles. The van der Waals surface area contributed by atoms with E-state index in [1.807, 2.05) is 57.2 Å². The highest BCUT2D eigenvalue weighted by Crippen LogP contribution is 2.37. The van der Waals surface area contributed by atoms with Crippen molar-refractivity contribution < 1.29 is 19.4 Å². The zero-order chi connectivity index (χ0) is 25.0. The lowest BCUT2D eigenvalue weighted by Crippen LogP contribution is -2.27. The van der Waals surface area contributed by atoms with Crippen LogP contribution in [0.2, 0.25) is 0 Å². The summed E-state index contributed by atoms with van der Waals surface area (Å²) in [6, 6.07) is 14.3. The van der Waals surface area contributed by atoms with Crippen LogP contribution in [0.4, 0.5) is 17.5 Å². The molecule has 1 atom stereocenters. The van der Waals surface area contributed by atoms with Crippen molar-refractivity contribution in [3.63, 3.8) is 0 Å². The molecule has 1 aromatic heterocycles. The van der Waals surface area contributed by atoms with Crippen LogP contribution in [-0.4, -0.2) is 40.1 Å². The number of esters is 1. The zero-order valence-corrected chi connectivity index (χ0v) is 20.0. The molecule has 1 amide bonds. The van der Waals surface area contributed by atoms with Crippen molar-refractivity contribution in [3.05, 3.63) is 77.0 Å². The second kappa shape index (κ2) is 10.1. The monoisotopic (exact) mass is 475 g/mol. The van der Waals surface area contributed by atoms with Crippen LogP contribution in [0, 0.1) is 0 Å². The molecule has 182 valence electrons. The first kappa shape index (κ1) is 24.2. The number of amides is 1. The number of nitrogens with one attached hydrogen (secondary N) is 3. The molecule has 2 heterocycles. The summed E-state index contributed by atoms with van der Waals surface area (Å²) in [4.78, 5) is 33.7. The zero-order valence-electron chi connectivity index (χ0n) is 20.0. The molecule has 3 aromatic rings. The molecular formula is C26H29N5O4. The highest BCUT2D eigenvalue weighted by atomic mass is 16.6. The molecular weight excluding hydrogens is 446 g/mol. The Labute approximate surface area is 204 Å². The number of rotatable bonds is 9. The van der Waals surface area contributed by atoms with Gasteiger partial charge in [0, 0.05) is 24.0 Å². The van der Waals surface area contributed by atoms with E-state index >= 15 is 0 Å². The van der Waals surface area contributed by atoms with Crippen LogP contribution < -0.4 is 16.0 Å². The predicted molar refractivity (Wildman–Crippen MR) is 133 cm³/mol. The highest BCUT2D eigenvalue weighted by Gasteiger charge is 2.37.